The molecule has 0 saturated carbocycles. The van der Waals surface area contributed by atoms with Crippen LogP contribution in [0.3, 0.4) is 0 Å². The van der Waals surface area contributed by atoms with E-state index in [-0.39, 0.29) is 0 Å². The Hall–Kier alpha value is -3.65. The molecule has 0 unspecified atom stereocenters. The lowest BCUT2D eigenvalue weighted by Gasteiger charge is -2.19. The molecule has 0 spiro atoms. The maximum Gasteiger partial charge on any atom is 0.153 e. The molecule has 0 aliphatic carbocycles. The average Bonchev–Trinajstić information content (AvgIpc) is 3.19. The molecule has 5 rings (SSSR count). The molecule has 0 N–H and O–H groups in total. The van der Waals surface area contributed by atoms with E-state index >= 15 is 0 Å². The molecule has 0 radical (unpaired) electrons. The third kappa shape index (κ3) is 3.02. The zero-order chi connectivity index (χ0) is 18.1. The summed E-state index contributed by atoms with van der Waals surface area (Å²) in [5.74, 6) is 1.60. The van der Waals surface area contributed by atoms with Crippen molar-refractivity contribution in [2.24, 2.45) is 4.99 Å². The zero-order valence-electron chi connectivity index (χ0n) is 14.7. The molecule has 0 fully saturated rings. The monoisotopic (exact) mass is 347 g/mol. The van der Waals surface area contributed by atoms with Crippen molar-refractivity contribution in [3.8, 4) is 0 Å². The lowest BCUT2D eigenvalue weighted by molar-refractivity contribution is 0.394. The quantitative estimate of drug-likeness (QED) is 0.670. The summed E-state index contributed by atoms with van der Waals surface area (Å²) in [6.45, 7) is 0. The van der Waals surface area contributed by atoms with Gasteiger partial charge in [-0.1, -0.05) is 78.9 Å². The number of nitrogens with zero attached hydrogens (tertiary/aromatic N) is 1. The number of para-hydroxylation sites is 1. The highest BCUT2D eigenvalue weighted by Gasteiger charge is 2.17. The minimum absolute atomic E-state index is 0.770. The number of fused-ring (bicyclic) bond motifs is 1. The molecule has 2 heterocycles. The summed E-state index contributed by atoms with van der Waals surface area (Å²) in [4.78, 5) is 4.76. The van der Waals surface area contributed by atoms with Crippen molar-refractivity contribution in [3.05, 3.63) is 130 Å². The largest absolute Gasteiger partial charge is 0.454 e. The van der Waals surface area contributed by atoms with E-state index in [0.717, 1.165) is 44.5 Å². The predicted molar refractivity (Wildman–Crippen MR) is 109 cm³/mol. The Morgan fingerprint density at radius 2 is 1.26 bits per heavy atom. The van der Waals surface area contributed by atoms with Crippen molar-refractivity contribution in [1.82, 2.24) is 0 Å². The van der Waals surface area contributed by atoms with E-state index in [9.17, 15) is 0 Å². The van der Waals surface area contributed by atoms with Gasteiger partial charge in [0.1, 0.15) is 11.5 Å². The molecule has 3 aromatic rings. The molecular formula is C25H17NO. The molecule has 0 aromatic heterocycles. The topological polar surface area (TPSA) is 21.6 Å². The third-order valence-electron chi connectivity index (χ3n) is 4.68. The smallest absolute Gasteiger partial charge is 0.153 e. The van der Waals surface area contributed by atoms with Gasteiger partial charge in [0.2, 0.25) is 0 Å². The lowest BCUT2D eigenvalue weighted by atomic mass is 10.0. The van der Waals surface area contributed by atoms with Gasteiger partial charge >= 0.3 is 0 Å². The fourth-order valence-corrected chi connectivity index (χ4v) is 3.32. The van der Waals surface area contributed by atoms with Crippen LogP contribution in [-0.2, 0) is 4.74 Å². The van der Waals surface area contributed by atoms with E-state index in [2.05, 4.69) is 60.7 Å². The van der Waals surface area contributed by atoms with E-state index < -0.39 is 0 Å². The van der Waals surface area contributed by atoms with Crippen LogP contribution in [0.1, 0.15) is 11.1 Å². The van der Waals surface area contributed by atoms with Crippen LogP contribution >= 0.6 is 0 Å². The molecule has 27 heavy (non-hydrogen) atoms. The Kier molecular flexibility index (Phi) is 3.80. The van der Waals surface area contributed by atoms with Crippen molar-refractivity contribution in [3.63, 3.8) is 0 Å². The molecule has 0 atom stereocenters. The summed E-state index contributed by atoms with van der Waals surface area (Å²) in [6, 6.07) is 28.7. The summed E-state index contributed by atoms with van der Waals surface area (Å²) < 4.78 is 6.28. The number of allylic oxidation sites excluding steroid dienone is 4. The fraction of sp³-hybridized carbons (Fsp3) is 0. The van der Waals surface area contributed by atoms with Gasteiger partial charge < -0.3 is 4.74 Å². The van der Waals surface area contributed by atoms with Gasteiger partial charge in [0.05, 0.1) is 5.36 Å². The maximum absolute atomic E-state index is 6.28. The molecule has 2 aliphatic heterocycles. The number of rotatable bonds is 2. The molecule has 0 saturated heterocycles. The van der Waals surface area contributed by atoms with Gasteiger partial charge in [0.25, 0.3) is 0 Å². The minimum Gasteiger partial charge on any atom is -0.454 e. The Morgan fingerprint density at radius 1 is 0.593 bits per heavy atom. The lowest BCUT2D eigenvalue weighted by Crippen LogP contribution is -2.19. The molecule has 128 valence electrons. The summed E-state index contributed by atoms with van der Waals surface area (Å²) >= 11 is 0. The van der Waals surface area contributed by atoms with Crippen molar-refractivity contribution in [1.29, 1.82) is 0 Å². The van der Waals surface area contributed by atoms with E-state index in [4.69, 9.17) is 9.73 Å². The second kappa shape index (κ2) is 6.58. The van der Waals surface area contributed by atoms with Gasteiger partial charge in [0, 0.05) is 10.8 Å². The highest BCUT2D eigenvalue weighted by atomic mass is 16.5. The van der Waals surface area contributed by atoms with Crippen LogP contribution in [-0.4, -0.2) is 0 Å². The summed E-state index contributed by atoms with van der Waals surface area (Å²) in [5.41, 5.74) is 4.17. The molecule has 2 nitrogen and oxygen atoms in total. The Bertz CT molecular complexity index is 1180. The van der Waals surface area contributed by atoms with Crippen LogP contribution < -0.4 is 10.6 Å². The maximum atomic E-state index is 6.28. The predicted octanol–water partition coefficient (Wildman–Crippen LogP) is 4.47. The number of hydrogen-bond acceptors (Lipinski definition) is 2. The Labute approximate surface area is 157 Å². The van der Waals surface area contributed by atoms with Gasteiger partial charge in [-0.05, 0) is 35.4 Å². The third-order valence-corrected chi connectivity index (χ3v) is 4.68. The molecule has 0 amide bonds. The number of ether oxygens (including phenoxy) is 1. The summed E-state index contributed by atoms with van der Waals surface area (Å²) in [7, 11) is 0. The average molecular weight is 347 g/mol. The molecular weight excluding hydrogens is 330 g/mol. The fourth-order valence-electron chi connectivity index (χ4n) is 3.32. The number of hydrogen-bond donors (Lipinski definition) is 0. The summed E-state index contributed by atoms with van der Waals surface area (Å²) in [6.07, 6.45) is 6.25. The second-order valence-corrected chi connectivity index (χ2v) is 6.51. The normalized spacial score (nSPS) is 17.8. The van der Waals surface area contributed by atoms with Crippen LogP contribution in [0.4, 0.5) is 0 Å². The number of benzene rings is 3. The van der Waals surface area contributed by atoms with Crippen LogP contribution in [0.5, 0.6) is 0 Å². The first-order chi connectivity index (χ1) is 13.4. The van der Waals surface area contributed by atoms with Crippen LogP contribution in [0.25, 0.3) is 17.4 Å². The van der Waals surface area contributed by atoms with Crippen molar-refractivity contribution >= 4 is 17.4 Å². The standard InChI is InChI=1S/C25H17NO/c1-3-9-18(10-4-1)21-16-24(19-11-5-2-6-12-19)27-25(17-21)23-15-20-13-7-8-14-22(20)26-23/h1-17H/b25-23-. The van der Waals surface area contributed by atoms with Gasteiger partial charge in [0.15, 0.2) is 5.76 Å². The van der Waals surface area contributed by atoms with E-state index in [1.54, 1.807) is 0 Å². The van der Waals surface area contributed by atoms with Crippen molar-refractivity contribution in [2.75, 3.05) is 0 Å². The van der Waals surface area contributed by atoms with Gasteiger partial charge in [-0.25, -0.2) is 4.99 Å². The van der Waals surface area contributed by atoms with Crippen LogP contribution in [0.15, 0.2) is 114 Å². The first-order valence-electron chi connectivity index (χ1n) is 8.99. The van der Waals surface area contributed by atoms with E-state index in [0.29, 0.717) is 0 Å². The highest BCUT2D eigenvalue weighted by molar-refractivity contribution is 5.86. The molecule has 3 aromatic carbocycles. The van der Waals surface area contributed by atoms with Crippen LogP contribution in [0.2, 0.25) is 0 Å². The second-order valence-electron chi connectivity index (χ2n) is 6.51. The van der Waals surface area contributed by atoms with Crippen LogP contribution in [0, 0.1) is 0 Å². The highest BCUT2D eigenvalue weighted by Crippen LogP contribution is 2.33. The molecule has 0 bridgehead atoms. The van der Waals surface area contributed by atoms with Gasteiger partial charge in [-0.3, -0.25) is 0 Å². The Morgan fingerprint density at radius 3 is 2.00 bits per heavy atom. The van der Waals surface area contributed by atoms with E-state index in [1.165, 1.54) is 0 Å². The first kappa shape index (κ1) is 15.6. The first-order valence-corrected chi connectivity index (χ1v) is 8.99. The minimum atomic E-state index is 0.770. The SMILES string of the molecule is C1=C(c2ccccc2)C=C(c2ccccc2)O/C1=C1/C=c2ccccc2=N1. The van der Waals surface area contributed by atoms with E-state index in [1.807, 2.05) is 42.5 Å². The molecule has 2 aliphatic rings. The molecule has 2 heteroatoms. The Balaban J connectivity index is 1.67. The zero-order valence-corrected chi connectivity index (χ0v) is 14.7. The van der Waals surface area contributed by atoms with Crippen molar-refractivity contribution < 1.29 is 4.74 Å². The van der Waals surface area contributed by atoms with Crippen molar-refractivity contribution in [2.45, 2.75) is 0 Å². The van der Waals surface area contributed by atoms with Gasteiger partial charge in [-0.15, -0.1) is 0 Å². The summed E-state index contributed by atoms with van der Waals surface area (Å²) in [5, 5.41) is 2.10. The van der Waals surface area contributed by atoms with Gasteiger partial charge in [-0.2, -0.15) is 0 Å².